The van der Waals surface area contributed by atoms with E-state index in [9.17, 15) is 0 Å². The molecular weight excluding hydrogens is 1120 g/mol. The van der Waals surface area contributed by atoms with E-state index in [1.807, 2.05) is 54.6 Å². The van der Waals surface area contributed by atoms with E-state index in [0.29, 0.717) is 0 Å². The molecule has 1 aliphatic rings. The Labute approximate surface area is 285 Å². The van der Waals surface area contributed by atoms with Crippen LogP contribution in [0.2, 0.25) is 0 Å². The fourth-order valence-corrected chi connectivity index (χ4v) is 7.63. The lowest BCUT2D eigenvalue weighted by atomic mass is 10.2. The van der Waals surface area contributed by atoms with E-state index in [2.05, 4.69) is 180 Å². The fourth-order valence-electron chi connectivity index (χ4n) is 2.92. The average molecular weight is 1130 g/mol. The van der Waals surface area contributed by atoms with Crippen molar-refractivity contribution < 1.29 is 0 Å². The van der Waals surface area contributed by atoms with Crippen molar-refractivity contribution in [2.24, 2.45) is 20.5 Å². The molecule has 0 unspecified atom stereocenters. The molecule has 5 nitrogen and oxygen atoms in total. The van der Waals surface area contributed by atoms with Crippen molar-refractivity contribution in [3.8, 4) is 0 Å². The molecule has 176 valence electrons. The highest BCUT2D eigenvalue weighted by atomic mass is 127. The second-order valence-electron chi connectivity index (χ2n) is 7.07. The van der Waals surface area contributed by atoms with Crippen LogP contribution in [-0.2, 0) is 0 Å². The van der Waals surface area contributed by atoms with Gasteiger partial charge in [0.25, 0.3) is 0 Å². The summed E-state index contributed by atoms with van der Waals surface area (Å²) in [4.78, 5) is 0. The molecule has 0 atom stereocenters. The first-order valence-electron chi connectivity index (χ1n) is 9.87. The van der Waals surface area contributed by atoms with Gasteiger partial charge in [-0.2, -0.15) is 10.2 Å². The number of azo groups is 2. The van der Waals surface area contributed by atoms with Crippen LogP contribution in [0.1, 0.15) is 0 Å². The van der Waals surface area contributed by atoms with Crippen LogP contribution in [0.4, 0.5) is 34.1 Å². The van der Waals surface area contributed by atoms with Crippen LogP contribution in [0.3, 0.4) is 0 Å². The number of nitrogens with zero attached hydrogens (tertiary/aromatic N) is 4. The highest BCUT2D eigenvalue weighted by Gasteiger charge is 2.14. The molecule has 0 amide bonds. The molecule has 0 saturated carbocycles. The Hall–Kier alpha value is 0.260. The number of hydrogen-bond acceptors (Lipinski definition) is 5. The Balaban J connectivity index is 0.000000165. The molecule has 0 bridgehead atoms. The minimum atomic E-state index is 0.873. The van der Waals surface area contributed by atoms with Crippen molar-refractivity contribution in [3.63, 3.8) is 0 Å². The van der Waals surface area contributed by atoms with Gasteiger partial charge in [-0.3, -0.25) is 0 Å². The lowest BCUT2D eigenvalue weighted by Gasteiger charge is -2.10. The molecule has 0 spiro atoms. The van der Waals surface area contributed by atoms with Gasteiger partial charge in [0.15, 0.2) is 0 Å². The van der Waals surface area contributed by atoms with Crippen LogP contribution in [0.15, 0.2) is 93.3 Å². The number of fused-ring (bicyclic) bond motifs is 2. The maximum Gasteiger partial charge on any atom is 0.111 e. The molecule has 4 aromatic rings. The summed E-state index contributed by atoms with van der Waals surface area (Å²) < 4.78 is 7.04. The van der Waals surface area contributed by atoms with E-state index in [1.54, 1.807) is 0 Å². The molecule has 0 fully saturated rings. The molecular formula is C24H13I6N5. The van der Waals surface area contributed by atoms with Gasteiger partial charge in [-0.05, 0) is 208 Å². The van der Waals surface area contributed by atoms with Crippen LogP contribution in [0.25, 0.3) is 0 Å². The molecule has 11 heteroatoms. The number of hydrogen-bond donors (Lipinski definition) is 1. The summed E-state index contributed by atoms with van der Waals surface area (Å²) in [7, 11) is 0. The zero-order valence-electron chi connectivity index (χ0n) is 17.5. The van der Waals surface area contributed by atoms with Gasteiger partial charge in [0.05, 0.1) is 22.7 Å². The zero-order chi connectivity index (χ0) is 24.9. The highest BCUT2D eigenvalue weighted by Crippen LogP contribution is 2.41. The molecule has 0 saturated heterocycles. The second kappa shape index (κ2) is 13.4. The molecule has 4 aromatic carbocycles. The van der Waals surface area contributed by atoms with Gasteiger partial charge in [0, 0.05) is 21.4 Å². The first-order chi connectivity index (χ1) is 16.8. The predicted molar refractivity (Wildman–Crippen MR) is 194 cm³/mol. The highest BCUT2D eigenvalue weighted by molar-refractivity contribution is 14.1. The van der Waals surface area contributed by atoms with Crippen molar-refractivity contribution in [1.29, 1.82) is 0 Å². The number of benzene rings is 4. The summed E-state index contributed by atoms with van der Waals surface area (Å²) in [5.74, 6) is 0. The Morgan fingerprint density at radius 3 is 1.83 bits per heavy atom. The summed E-state index contributed by atoms with van der Waals surface area (Å²) in [5.41, 5.74) is 5.55. The van der Waals surface area contributed by atoms with Crippen LogP contribution in [0.5, 0.6) is 0 Å². The summed E-state index contributed by atoms with van der Waals surface area (Å²) >= 11 is 13.7. The summed E-state index contributed by atoms with van der Waals surface area (Å²) in [5, 5.41) is 20.5. The average Bonchev–Trinajstić information content (AvgIpc) is 2.98. The van der Waals surface area contributed by atoms with Crippen LogP contribution < -0.4 is 5.32 Å². The summed E-state index contributed by atoms with van der Waals surface area (Å²) in [6, 6.07) is 24.4. The van der Waals surface area contributed by atoms with E-state index < -0.39 is 0 Å². The van der Waals surface area contributed by atoms with E-state index in [4.69, 9.17) is 0 Å². The largest absolute Gasteiger partial charge is 0.351 e. The minimum Gasteiger partial charge on any atom is -0.351 e. The Kier molecular flexibility index (Phi) is 10.8. The summed E-state index contributed by atoms with van der Waals surface area (Å²) in [6.45, 7) is 0. The van der Waals surface area contributed by atoms with Gasteiger partial charge < -0.3 is 5.32 Å². The van der Waals surface area contributed by atoms with E-state index in [0.717, 1.165) is 41.3 Å². The Morgan fingerprint density at radius 1 is 0.514 bits per heavy atom. The molecule has 1 N–H and O–H groups in total. The lowest BCUT2D eigenvalue weighted by molar-refractivity contribution is 1.22. The Bertz CT molecular complexity index is 1420. The van der Waals surface area contributed by atoms with Crippen LogP contribution in [-0.4, -0.2) is 0 Å². The molecule has 1 aliphatic heterocycles. The van der Waals surface area contributed by atoms with Gasteiger partial charge in [-0.1, -0.05) is 0 Å². The van der Waals surface area contributed by atoms with Gasteiger partial charge in [-0.15, -0.1) is 10.2 Å². The molecule has 35 heavy (non-hydrogen) atoms. The third-order valence-corrected chi connectivity index (χ3v) is 8.58. The predicted octanol–water partition coefficient (Wildman–Crippen LogP) is 11.9. The number of halogens is 6. The monoisotopic (exact) mass is 1130 g/mol. The smallest absolute Gasteiger partial charge is 0.111 e. The fraction of sp³-hybridized carbons (Fsp3) is 0. The van der Waals surface area contributed by atoms with Crippen molar-refractivity contribution in [1.82, 2.24) is 0 Å². The number of anilines is 2. The van der Waals surface area contributed by atoms with E-state index in [-0.39, 0.29) is 0 Å². The minimum absolute atomic E-state index is 0.873. The van der Waals surface area contributed by atoms with Gasteiger partial charge in [0.2, 0.25) is 0 Å². The first kappa shape index (κ1) is 28.3. The zero-order valence-corrected chi connectivity index (χ0v) is 30.4. The van der Waals surface area contributed by atoms with Gasteiger partial charge in [-0.25, -0.2) is 0 Å². The van der Waals surface area contributed by atoms with E-state index in [1.165, 1.54) is 14.3 Å². The van der Waals surface area contributed by atoms with Gasteiger partial charge in [0.1, 0.15) is 11.4 Å². The maximum absolute atomic E-state index is 4.33. The molecule has 0 aromatic heterocycles. The topological polar surface area (TPSA) is 61.5 Å². The molecule has 1 heterocycles. The first-order valence-corrected chi connectivity index (χ1v) is 16.3. The molecule has 0 aliphatic carbocycles. The van der Waals surface area contributed by atoms with Crippen molar-refractivity contribution in [2.75, 3.05) is 5.32 Å². The molecule has 5 rings (SSSR count). The van der Waals surface area contributed by atoms with Crippen molar-refractivity contribution in [3.05, 3.63) is 94.2 Å². The lowest BCUT2D eigenvalue weighted by Crippen LogP contribution is -1.94. The van der Waals surface area contributed by atoms with Crippen molar-refractivity contribution >= 4 is 170 Å². The van der Waals surface area contributed by atoms with Gasteiger partial charge >= 0.3 is 0 Å². The summed E-state index contributed by atoms with van der Waals surface area (Å²) in [6.07, 6.45) is 0. The maximum atomic E-state index is 4.33. The molecule has 0 radical (unpaired) electrons. The van der Waals surface area contributed by atoms with Crippen LogP contribution >= 0.6 is 136 Å². The number of nitrogens with one attached hydrogen (secondary N) is 1. The SMILES string of the molecule is Ic1cc(I)c2c(c1)N=Nc1ccc(I)cc1N2.Ic1ccc(N=Nc2cc(I)cc(I)c2)cc1. The number of rotatable bonds is 2. The third-order valence-electron chi connectivity index (χ3n) is 4.47. The quantitative estimate of drug-likeness (QED) is 0.139. The van der Waals surface area contributed by atoms with Crippen LogP contribution in [0, 0.1) is 21.4 Å². The van der Waals surface area contributed by atoms with Crippen molar-refractivity contribution in [2.45, 2.75) is 0 Å². The second-order valence-corrected chi connectivity index (χ2v) is 14.5. The van der Waals surface area contributed by atoms with E-state index >= 15 is 0 Å². The normalized spacial score (nSPS) is 11.7. The Morgan fingerprint density at radius 2 is 1.11 bits per heavy atom. The standard InChI is InChI=1S/C12H6I3N3.C12H7I3N2/c13-6-1-2-9-10(4-6)16-12-8(15)3-7(14)5-11(12)18-17-9;13-8-1-3-11(4-2-8)16-17-12-6-9(14)5-10(15)7-12/h1-5,16H;1-7H. The third kappa shape index (κ3) is 8.37.